The molecule has 3 nitrogen and oxygen atoms in total. The molecular formula is C13H19N3S. The van der Waals surface area contributed by atoms with Crippen LogP contribution in [0, 0.1) is 6.92 Å². The van der Waals surface area contributed by atoms with E-state index in [1.54, 1.807) is 0 Å². The molecule has 4 heteroatoms. The van der Waals surface area contributed by atoms with Crippen molar-refractivity contribution >= 4 is 11.3 Å². The smallest absolute Gasteiger partial charge is 0.0534 e. The molecule has 0 aliphatic carbocycles. The first-order chi connectivity index (χ1) is 8.19. The van der Waals surface area contributed by atoms with Gasteiger partial charge in [0.05, 0.1) is 6.20 Å². The van der Waals surface area contributed by atoms with Crippen molar-refractivity contribution in [2.24, 2.45) is 7.05 Å². The average molecular weight is 249 g/mol. The molecule has 0 aliphatic rings. The molecule has 0 spiro atoms. The summed E-state index contributed by atoms with van der Waals surface area (Å²) < 4.78 is 1.86. The van der Waals surface area contributed by atoms with Crippen LogP contribution in [-0.2, 0) is 20.1 Å². The van der Waals surface area contributed by atoms with E-state index >= 15 is 0 Å². The fraction of sp³-hybridized carbons (Fsp3) is 0.462. The van der Waals surface area contributed by atoms with E-state index in [0.717, 1.165) is 19.6 Å². The summed E-state index contributed by atoms with van der Waals surface area (Å²) in [5.41, 5.74) is 2.68. The van der Waals surface area contributed by atoms with E-state index in [4.69, 9.17) is 0 Å². The maximum atomic E-state index is 4.21. The Balaban J connectivity index is 2.00. The summed E-state index contributed by atoms with van der Waals surface area (Å²) in [6.45, 7) is 7.46. The highest BCUT2D eigenvalue weighted by atomic mass is 32.1. The zero-order valence-electron chi connectivity index (χ0n) is 10.7. The number of hydrogen-bond donors (Lipinski definition) is 0. The lowest BCUT2D eigenvalue weighted by molar-refractivity contribution is 0.273. The van der Waals surface area contributed by atoms with Crippen LogP contribution < -0.4 is 0 Å². The second-order valence-corrected chi connectivity index (χ2v) is 5.35. The zero-order chi connectivity index (χ0) is 12.3. The Bertz CT molecular complexity index is 472. The third kappa shape index (κ3) is 3.17. The molecule has 0 bridgehead atoms. The number of thiophene rings is 1. The lowest BCUT2D eigenvalue weighted by Crippen LogP contribution is -2.21. The predicted octanol–water partition coefficient (Wildman–Crippen LogP) is 2.81. The highest BCUT2D eigenvalue weighted by Crippen LogP contribution is 2.18. The zero-order valence-corrected chi connectivity index (χ0v) is 11.5. The Kier molecular flexibility index (Phi) is 3.97. The van der Waals surface area contributed by atoms with Crippen LogP contribution >= 0.6 is 11.3 Å². The molecule has 0 fully saturated rings. The molecule has 0 amide bonds. The number of nitrogens with zero attached hydrogens (tertiary/aromatic N) is 3. The summed E-state index contributed by atoms with van der Waals surface area (Å²) in [4.78, 5) is 3.91. The lowest BCUT2D eigenvalue weighted by atomic mass is 10.2. The highest BCUT2D eigenvalue weighted by molar-refractivity contribution is 7.10. The van der Waals surface area contributed by atoms with Crippen molar-refractivity contribution in [1.82, 2.24) is 14.7 Å². The predicted molar refractivity (Wildman–Crippen MR) is 72.1 cm³/mol. The SMILES string of the molecule is CCN(Cc1cnn(C)c1)Cc1sccc1C. The third-order valence-electron chi connectivity index (χ3n) is 2.95. The van der Waals surface area contributed by atoms with E-state index in [1.807, 2.05) is 29.3 Å². The first-order valence-corrected chi connectivity index (χ1v) is 6.80. The molecule has 0 saturated carbocycles. The summed E-state index contributed by atoms with van der Waals surface area (Å²) in [6, 6.07) is 2.19. The molecular weight excluding hydrogens is 230 g/mol. The van der Waals surface area contributed by atoms with Gasteiger partial charge in [-0.15, -0.1) is 11.3 Å². The molecule has 2 aromatic heterocycles. The average Bonchev–Trinajstić information content (AvgIpc) is 2.88. The molecule has 17 heavy (non-hydrogen) atoms. The fourth-order valence-corrected chi connectivity index (χ4v) is 2.81. The number of rotatable bonds is 5. The van der Waals surface area contributed by atoms with Gasteiger partial charge in [0, 0.05) is 36.8 Å². The van der Waals surface area contributed by atoms with Crippen molar-refractivity contribution in [1.29, 1.82) is 0 Å². The Morgan fingerprint density at radius 3 is 2.76 bits per heavy atom. The lowest BCUT2D eigenvalue weighted by Gasteiger charge is -2.19. The molecule has 2 heterocycles. The van der Waals surface area contributed by atoms with E-state index in [-0.39, 0.29) is 0 Å². The third-order valence-corrected chi connectivity index (χ3v) is 3.95. The number of hydrogen-bond acceptors (Lipinski definition) is 3. The van der Waals surface area contributed by atoms with Gasteiger partial charge in [-0.05, 0) is 30.5 Å². The topological polar surface area (TPSA) is 21.1 Å². The fourth-order valence-electron chi connectivity index (χ4n) is 1.86. The van der Waals surface area contributed by atoms with Gasteiger partial charge in [-0.1, -0.05) is 6.92 Å². The van der Waals surface area contributed by atoms with Crippen molar-refractivity contribution in [3.8, 4) is 0 Å². The summed E-state index contributed by atoms with van der Waals surface area (Å²) in [5.74, 6) is 0. The van der Waals surface area contributed by atoms with Gasteiger partial charge in [-0.2, -0.15) is 5.10 Å². The summed E-state index contributed by atoms with van der Waals surface area (Å²) in [7, 11) is 1.96. The molecule has 0 N–H and O–H groups in total. The van der Waals surface area contributed by atoms with Crippen molar-refractivity contribution < 1.29 is 0 Å². The van der Waals surface area contributed by atoms with Gasteiger partial charge < -0.3 is 0 Å². The molecule has 2 aromatic rings. The van der Waals surface area contributed by atoms with Gasteiger partial charge in [-0.25, -0.2) is 0 Å². The Morgan fingerprint density at radius 1 is 1.41 bits per heavy atom. The molecule has 0 saturated heterocycles. The van der Waals surface area contributed by atoms with Crippen molar-refractivity contribution in [3.63, 3.8) is 0 Å². The molecule has 0 radical (unpaired) electrons. The quantitative estimate of drug-likeness (QED) is 0.812. The van der Waals surface area contributed by atoms with Gasteiger partial charge in [0.25, 0.3) is 0 Å². The standard InChI is InChI=1S/C13H19N3S/c1-4-16(9-12-7-14-15(3)8-12)10-13-11(2)5-6-17-13/h5-8H,4,9-10H2,1-3H3. The maximum Gasteiger partial charge on any atom is 0.0534 e. The van der Waals surface area contributed by atoms with Crippen LogP contribution in [0.1, 0.15) is 22.9 Å². The van der Waals surface area contributed by atoms with Crippen LogP contribution in [0.3, 0.4) is 0 Å². The normalized spacial score (nSPS) is 11.3. The van der Waals surface area contributed by atoms with Gasteiger partial charge in [0.2, 0.25) is 0 Å². The van der Waals surface area contributed by atoms with Crippen molar-refractivity contribution in [3.05, 3.63) is 39.8 Å². The minimum Gasteiger partial charge on any atom is -0.294 e. The first kappa shape index (κ1) is 12.3. The van der Waals surface area contributed by atoms with Crippen LogP contribution in [0.4, 0.5) is 0 Å². The Labute approximate surface area is 107 Å². The second kappa shape index (κ2) is 5.47. The minimum atomic E-state index is 0.974. The molecule has 2 rings (SSSR count). The van der Waals surface area contributed by atoms with Crippen LogP contribution in [0.15, 0.2) is 23.8 Å². The van der Waals surface area contributed by atoms with Crippen LogP contribution in [0.2, 0.25) is 0 Å². The monoisotopic (exact) mass is 249 g/mol. The van der Waals surface area contributed by atoms with Gasteiger partial charge in [0.1, 0.15) is 0 Å². The first-order valence-electron chi connectivity index (χ1n) is 5.92. The molecule has 0 aliphatic heterocycles. The second-order valence-electron chi connectivity index (χ2n) is 4.35. The van der Waals surface area contributed by atoms with E-state index < -0.39 is 0 Å². The van der Waals surface area contributed by atoms with E-state index in [1.165, 1.54) is 16.0 Å². The number of aromatic nitrogens is 2. The molecule has 92 valence electrons. The summed E-state index contributed by atoms with van der Waals surface area (Å²) >= 11 is 1.85. The summed E-state index contributed by atoms with van der Waals surface area (Å²) in [6.07, 6.45) is 4.04. The van der Waals surface area contributed by atoms with E-state index in [9.17, 15) is 0 Å². The van der Waals surface area contributed by atoms with E-state index in [0.29, 0.717) is 0 Å². The van der Waals surface area contributed by atoms with Gasteiger partial charge in [-0.3, -0.25) is 9.58 Å². The Hall–Kier alpha value is -1.13. The van der Waals surface area contributed by atoms with Crippen molar-refractivity contribution in [2.45, 2.75) is 26.9 Å². The largest absolute Gasteiger partial charge is 0.294 e. The Morgan fingerprint density at radius 2 is 2.24 bits per heavy atom. The van der Waals surface area contributed by atoms with Crippen molar-refractivity contribution in [2.75, 3.05) is 6.54 Å². The number of aryl methyl sites for hydroxylation is 2. The molecule has 0 unspecified atom stereocenters. The van der Waals surface area contributed by atoms with Crippen LogP contribution in [0.25, 0.3) is 0 Å². The highest BCUT2D eigenvalue weighted by Gasteiger charge is 2.08. The molecule has 0 aromatic carbocycles. The summed E-state index contributed by atoms with van der Waals surface area (Å²) in [5, 5.41) is 6.38. The van der Waals surface area contributed by atoms with Crippen LogP contribution in [0.5, 0.6) is 0 Å². The minimum absolute atomic E-state index is 0.974. The van der Waals surface area contributed by atoms with E-state index in [2.05, 4.69) is 41.5 Å². The molecule has 0 atom stereocenters. The van der Waals surface area contributed by atoms with Gasteiger partial charge in [0.15, 0.2) is 0 Å². The maximum absolute atomic E-state index is 4.21. The van der Waals surface area contributed by atoms with Gasteiger partial charge >= 0.3 is 0 Å². The van der Waals surface area contributed by atoms with Crippen LogP contribution in [-0.4, -0.2) is 21.2 Å².